The summed E-state index contributed by atoms with van der Waals surface area (Å²) in [4.78, 5) is 24.2. The van der Waals surface area contributed by atoms with Crippen molar-refractivity contribution in [3.63, 3.8) is 0 Å². The number of rotatable bonds is 10. The molecule has 0 spiro atoms. The van der Waals surface area contributed by atoms with Gasteiger partial charge < -0.3 is 9.64 Å². The minimum Gasteiger partial charge on any atom is -0.460 e. The highest BCUT2D eigenvalue weighted by molar-refractivity contribution is 5.78. The van der Waals surface area contributed by atoms with E-state index >= 15 is 0 Å². The molecule has 1 aromatic heterocycles. The molecule has 5 nitrogen and oxygen atoms in total. The number of anilines is 1. The molecule has 1 heterocycles. The van der Waals surface area contributed by atoms with Crippen LogP contribution in [0.1, 0.15) is 60.3 Å². The Morgan fingerprint density at radius 3 is 2.03 bits per heavy atom. The third kappa shape index (κ3) is 7.41. The van der Waals surface area contributed by atoms with Gasteiger partial charge in [-0.1, -0.05) is 67.1 Å². The Bertz CT molecular complexity index is 1040. The smallest absolute Gasteiger partial charge is 0.306 e. The Morgan fingerprint density at radius 2 is 1.47 bits per heavy atom. The van der Waals surface area contributed by atoms with E-state index in [1.54, 1.807) is 0 Å². The quantitative estimate of drug-likeness (QED) is 0.243. The van der Waals surface area contributed by atoms with Crippen molar-refractivity contribution in [3.8, 4) is 22.5 Å². The van der Waals surface area contributed by atoms with Crippen LogP contribution in [-0.4, -0.2) is 34.1 Å². The molecule has 0 aliphatic carbocycles. The van der Waals surface area contributed by atoms with Gasteiger partial charge in [0.1, 0.15) is 11.4 Å². The van der Waals surface area contributed by atoms with Crippen LogP contribution in [0.4, 0.5) is 5.82 Å². The van der Waals surface area contributed by atoms with Crippen LogP contribution in [0.25, 0.3) is 22.5 Å². The fourth-order valence-electron chi connectivity index (χ4n) is 3.88. The maximum absolute atomic E-state index is 12.0. The lowest BCUT2D eigenvalue weighted by Crippen LogP contribution is -2.32. The molecule has 180 valence electrons. The van der Waals surface area contributed by atoms with Gasteiger partial charge in [-0.15, -0.1) is 0 Å². The van der Waals surface area contributed by atoms with Crippen LogP contribution in [0.5, 0.6) is 0 Å². The van der Waals surface area contributed by atoms with Crippen molar-refractivity contribution in [1.29, 1.82) is 0 Å². The molecule has 5 heteroatoms. The molecular formula is C29H37N3O2. The maximum Gasteiger partial charge on any atom is 0.306 e. The highest BCUT2D eigenvalue weighted by Gasteiger charge is 2.18. The Balaban J connectivity index is 1.74. The van der Waals surface area contributed by atoms with Gasteiger partial charge >= 0.3 is 5.97 Å². The highest BCUT2D eigenvalue weighted by atomic mass is 16.6. The number of benzene rings is 2. The van der Waals surface area contributed by atoms with E-state index in [1.165, 1.54) is 0 Å². The summed E-state index contributed by atoms with van der Waals surface area (Å²) in [5, 5.41) is 0. The average molecular weight is 460 g/mol. The molecule has 2 aromatic carbocycles. The van der Waals surface area contributed by atoms with Gasteiger partial charge in [-0.2, -0.15) is 0 Å². The fraction of sp³-hybridized carbons (Fsp3) is 0.414. The molecule has 0 N–H and O–H groups in total. The molecule has 0 fully saturated rings. The number of ether oxygens (including phenoxy) is 1. The van der Waals surface area contributed by atoms with Crippen molar-refractivity contribution >= 4 is 11.8 Å². The first-order chi connectivity index (χ1) is 16.2. The second-order valence-electron chi connectivity index (χ2n) is 9.84. The summed E-state index contributed by atoms with van der Waals surface area (Å²) < 4.78 is 5.41. The summed E-state index contributed by atoms with van der Waals surface area (Å²) >= 11 is 0. The van der Waals surface area contributed by atoms with Crippen LogP contribution in [0.3, 0.4) is 0 Å². The zero-order chi connectivity index (χ0) is 24.6. The zero-order valence-electron chi connectivity index (χ0n) is 21.1. The Kier molecular flexibility index (Phi) is 8.80. The van der Waals surface area contributed by atoms with Crippen molar-refractivity contribution < 1.29 is 9.53 Å². The SMILES string of the molecule is CC(C)N(CCCCCC(=O)OC(C)(C)C)c1cnc(-c2ccccc2)c(-c2ccccc2)n1. The van der Waals surface area contributed by atoms with E-state index < -0.39 is 5.60 Å². The van der Waals surface area contributed by atoms with Crippen molar-refractivity contribution in [1.82, 2.24) is 9.97 Å². The predicted molar refractivity (Wildman–Crippen MR) is 140 cm³/mol. The van der Waals surface area contributed by atoms with E-state index in [2.05, 4.69) is 43.0 Å². The van der Waals surface area contributed by atoms with E-state index in [4.69, 9.17) is 14.7 Å². The third-order valence-electron chi connectivity index (χ3n) is 5.47. The highest BCUT2D eigenvalue weighted by Crippen LogP contribution is 2.31. The second kappa shape index (κ2) is 11.8. The first-order valence-corrected chi connectivity index (χ1v) is 12.2. The van der Waals surface area contributed by atoms with Gasteiger partial charge in [0.2, 0.25) is 0 Å². The second-order valence-corrected chi connectivity index (χ2v) is 9.84. The van der Waals surface area contributed by atoms with Gasteiger partial charge in [0.05, 0.1) is 17.6 Å². The Hall–Kier alpha value is -3.21. The number of carbonyl (C=O) groups is 1. The predicted octanol–water partition coefficient (Wildman–Crippen LogP) is 6.93. The summed E-state index contributed by atoms with van der Waals surface area (Å²) in [6.45, 7) is 10.9. The minimum absolute atomic E-state index is 0.122. The summed E-state index contributed by atoms with van der Waals surface area (Å²) in [6.07, 6.45) is 5.11. The standard InChI is InChI=1S/C29H37N3O2/c1-22(2)32(20-14-8-13-19-26(33)34-29(3,4)5)25-21-30-27(23-15-9-6-10-16-23)28(31-25)24-17-11-7-12-18-24/h6-7,9-12,15-18,21-22H,8,13-14,19-20H2,1-5H3. The molecule has 3 rings (SSSR count). The number of esters is 1. The number of carbonyl (C=O) groups excluding carboxylic acids is 1. The molecule has 0 aliphatic rings. The number of hydrogen-bond acceptors (Lipinski definition) is 5. The molecular weight excluding hydrogens is 422 g/mol. The van der Waals surface area contributed by atoms with Gasteiger partial charge in [-0.3, -0.25) is 9.78 Å². The molecule has 3 aromatic rings. The lowest BCUT2D eigenvalue weighted by Gasteiger charge is -2.28. The van der Waals surface area contributed by atoms with Crippen molar-refractivity contribution in [2.24, 2.45) is 0 Å². The molecule has 0 saturated heterocycles. The summed E-state index contributed by atoms with van der Waals surface area (Å²) in [5.41, 5.74) is 3.46. The molecule has 0 amide bonds. The fourth-order valence-corrected chi connectivity index (χ4v) is 3.88. The van der Waals surface area contributed by atoms with Crippen molar-refractivity contribution in [3.05, 3.63) is 66.9 Å². The number of unbranched alkanes of at least 4 members (excludes halogenated alkanes) is 2. The van der Waals surface area contributed by atoms with E-state index in [9.17, 15) is 4.79 Å². The normalized spacial score (nSPS) is 11.5. The number of hydrogen-bond donors (Lipinski definition) is 0. The maximum atomic E-state index is 12.0. The molecule has 0 radical (unpaired) electrons. The van der Waals surface area contributed by atoms with Crippen LogP contribution in [0.2, 0.25) is 0 Å². The molecule has 0 atom stereocenters. The first-order valence-electron chi connectivity index (χ1n) is 12.2. The van der Waals surface area contributed by atoms with Crippen molar-refractivity contribution in [2.75, 3.05) is 11.4 Å². The lowest BCUT2D eigenvalue weighted by molar-refractivity contribution is -0.154. The van der Waals surface area contributed by atoms with E-state index in [0.29, 0.717) is 6.42 Å². The number of nitrogens with zero attached hydrogens (tertiary/aromatic N) is 3. The van der Waals surface area contributed by atoms with Gasteiger partial charge in [0.25, 0.3) is 0 Å². The Labute approximate surface area is 204 Å². The molecule has 0 bridgehead atoms. The van der Waals surface area contributed by atoms with Gasteiger partial charge in [0.15, 0.2) is 0 Å². The third-order valence-corrected chi connectivity index (χ3v) is 5.47. The molecule has 34 heavy (non-hydrogen) atoms. The number of aromatic nitrogens is 2. The minimum atomic E-state index is -0.424. The summed E-state index contributed by atoms with van der Waals surface area (Å²) in [5.74, 6) is 0.753. The largest absolute Gasteiger partial charge is 0.460 e. The van der Waals surface area contributed by atoms with Crippen LogP contribution in [0.15, 0.2) is 66.9 Å². The first kappa shape index (κ1) is 25.4. The van der Waals surface area contributed by atoms with Gasteiger partial charge in [0, 0.05) is 30.1 Å². The molecule has 0 aliphatic heterocycles. The van der Waals surface area contributed by atoms with E-state index in [0.717, 1.165) is 54.1 Å². The summed E-state index contributed by atoms with van der Waals surface area (Å²) in [6, 6.07) is 20.7. The van der Waals surface area contributed by atoms with Crippen LogP contribution >= 0.6 is 0 Å². The van der Waals surface area contributed by atoms with Crippen LogP contribution in [0, 0.1) is 0 Å². The van der Waals surface area contributed by atoms with Crippen LogP contribution < -0.4 is 4.90 Å². The Morgan fingerprint density at radius 1 is 0.882 bits per heavy atom. The van der Waals surface area contributed by atoms with Gasteiger partial charge in [-0.05, 0) is 47.5 Å². The van der Waals surface area contributed by atoms with E-state index in [1.807, 2.05) is 63.4 Å². The van der Waals surface area contributed by atoms with E-state index in [-0.39, 0.29) is 12.0 Å². The monoisotopic (exact) mass is 459 g/mol. The summed E-state index contributed by atoms with van der Waals surface area (Å²) in [7, 11) is 0. The zero-order valence-corrected chi connectivity index (χ0v) is 21.1. The average Bonchev–Trinajstić information content (AvgIpc) is 2.81. The van der Waals surface area contributed by atoms with Gasteiger partial charge in [-0.25, -0.2) is 4.98 Å². The molecule has 0 saturated carbocycles. The molecule has 0 unspecified atom stereocenters. The van der Waals surface area contributed by atoms with Crippen LogP contribution in [-0.2, 0) is 9.53 Å². The lowest BCUT2D eigenvalue weighted by atomic mass is 10.0. The van der Waals surface area contributed by atoms with Crippen molar-refractivity contribution in [2.45, 2.75) is 71.9 Å². The topological polar surface area (TPSA) is 55.3 Å².